The van der Waals surface area contributed by atoms with Gasteiger partial charge in [0.05, 0.1) is 11.4 Å². The second-order valence-electron chi connectivity index (χ2n) is 13.8. The van der Waals surface area contributed by atoms with Crippen molar-refractivity contribution in [2.45, 2.75) is 39.5 Å². The Labute approximate surface area is 290 Å². The Kier molecular flexibility index (Phi) is 9.00. The van der Waals surface area contributed by atoms with Crippen LogP contribution in [0.5, 0.6) is 0 Å². The molecule has 0 radical (unpaired) electrons. The fraction of sp³-hybridized carbons (Fsp3) is 0.152. The standard InChI is InChI=1S/C46H41N3/c1-32-15-11-26-41(31-47-30-32)37-22-14-25-40(29-37)45-48-43(38-23-12-20-35(27-38)33-16-7-5-8-17-33)42(46(2,3)4)44(49-45)39-24-13-21-36(28-39)34-18-9-6-10-19-34/h5-14,16-32H,15H2,1-4H3. The number of hydrogen-bond acceptors (Lipinski definition) is 3. The van der Waals surface area contributed by atoms with Crippen LogP contribution in [0.2, 0.25) is 0 Å². The molecule has 2 heterocycles. The molecule has 7 rings (SSSR count). The Bertz CT molecular complexity index is 2080. The minimum Gasteiger partial charge on any atom is -0.268 e. The number of allylic oxidation sites excluding steroid dienone is 3. The van der Waals surface area contributed by atoms with Gasteiger partial charge >= 0.3 is 0 Å². The molecule has 1 aromatic heterocycles. The molecule has 0 aliphatic carbocycles. The Morgan fingerprint density at radius 2 is 1.00 bits per heavy atom. The van der Waals surface area contributed by atoms with Gasteiger partial charge in [-0.15, -0.1) is 0 Å². The summed E-state index contributed by atoms with van der Waals surface area (Å²) in [5.41, 5.74) is 12.7. The summed E-state index contributed by atoms with van der Waals surface area (Å²) in [7, 11) is 0. The lowest BCUT2D eigenvalue weighted by molar-refractivity contribution is 0.589. The smallest absolute Gasteiger partial charge is 0.160 e. The van der Waals surface area contributed by atoms with E-state index < -0.39 is 0 Å². The third-order valence-corrected chi connectivity index (χ3v) is 8.96. The van der Waals surface area contributed by atoms with Crippen molar-refractivity contribution in [2.24, 2.45) is 10.9 Å². The minimum absolute atomic E-state index is 0.250. The van der Waals surface area contributed by atoms with Gasteiger partial charge in [0.1, 0.15) is 0 Å². The van der Waals surface area contributed by atoms with Crippen LogP contribution in [-0.2, 0) is 5.41 Å². The Balaban J connectivity index is 1.46. The average molecular weight is 636 g/mol. The first-order valence-electron chi connectivity index (χ1n) is 17.1. The summed E-state index contributed by atoms with van der Waals surface area (Å²) in [6.45, 7) is 8.97. The SMILES string of the molecule is CC1C=NC=C(c2cccc(-c3nc(-c4cccc(-c5ccccc5)c4)c(C(C)(C)C)c(-c4cccc(-c5ccccc5)c4)n3)c2)C=CC1. The van der Waals surface area contributed by atoms with Gasteiger partial charge in [-0.1, -0.05) is 155 Å². The van der Waals surface area contributed by atoms with Crippen LogP contribution < -0.4 is 0 Å². The molecule has 0 amide bonds. The normalized spacial score (nSPS) is 14.6. The second-order valence-corrected chi connectivity index (χ2v) is 13.8. The number of rotatable bonds is 6. The van der Waals surface area contributed by atoms with Gasteiger partial charge in [0, 0.05) is 34.7 Å². The zero-order valence-corrected chi connectivity index (χ0v) is 28.6. The van der Waals surface area contributed by atoms with E-state index in [1.54, 1.807) is 0 Å². The number of aromatic nitrogens is 2. The van der Waals surface area contributed by atoms with Crippen LogP contribution in [0, 0.1) is 5.92 Å². The predicted molar refractivity (Wildman–Crippen MR) is 207 cm³/mol. The number of aliphatic imine (C=N–C) groups is 1. The molecule has 0 spiro atoms. The zero-order chi connectivity index (χ0) is 33.8. The van der Waals surface area contributed by atoms with Crippen molar-refractivity contribution in [1.82, 2.24) is 9.97 Å². The molecular formula is C46H41N3. The number of benzene rings is 5. The third-order valence-electron chi connectivity index (χ3n) is 8.96. The summed E-state index contributed by atoms with van der Waals surface area (Å²) in [4.78, 5) is 15.5. The first-order chi connectivity index (χ1) is 23.8. The lowest BCUT2D eigenvalue weighted by Crippen LogP contribution is -2.17. The van der Waals surface area contributed by atoms with Crippen molar-refractivity contribution < 1.29 is 0 Å². The van der Waals surface area contributed by atoms with Gasteiger partial charge < -0.3 is 0 Å². The molecule has 1 aliphatic rings. The van der Waals surface area contributed by atoms with Crippen LogP contribution in [0.1, 0.15) is 45.2 Å². The lowest BCUT2D eigenvalue weighted by Gasteiger charge is -2.26. The molecule has 0 saturated carbocycles. The maximum atomic E-state index is 5.43. The molecule has 1 unspecified atom stereocenters. The van der Waals surface area contributed by atoms with Crippen LogP contribution in [0.25, 0.3) is 61.7 Å². The van der Waals surface area contributed by atoms with Crippen molar-refractivity contribution in [3.63, 3.8) is 0 Å². The fourth-order valence-corrected chi connectivity index (χ4v) is 6.46. The van der Waals surface area contributed by atoms with Crippen molar-refractivity contribution >= 4 is 11.8 Å². The van der Waals surface area contributed by atoms with Crippen LogP contribution in [-0.4, -0.2) is 16.2 Å². The first kappa shape index (κ1) is 31.9. The number of nitrogens with zero attached hydrogens (tertiary/aromatic N) is 3. The van der Waals surface area contributed by atoms with Gasteiger partial charge in [0.15, 0.2) is 5.82 Å². The van der Waals surface area contributed by atoms with Crippen LogP contribution in [0.3, 0.4) is 0 Å². The van der Waals surface area contributed by atoms with Gasteiger partial charge in [-0.05, 0) is 69.3 Å². The summed E-state index contributed by atoms with van der Waals surface area (Å²) in [5, 5.41) is 0. The molecule has 3 heteroatoms. The maximum absolute atomic E-state index is 5.43. The fourth-order valence-electron chi connectivity index (χ4n) is 6.46. The highest BCUT2D eigenvalue weighted by atomic mass is 14.9. The molecule has 0 saturated heterocycles. The summed E-state index contributed by atoms with van der Waals surface area (Å²) >= 11 is 0. The van der Waals surface area contributed by atoms with Gasteiger partial charge in [0.2, 0.25) is 0 Å². The van der Waals surface area contributed by atoms with E-state index in [1.165, 1.54) is 11.1 Å². The minimum atomic E-state index is -0.250. The summed E-state index contributed by atoms with van der Waals surface area (Å²) < 4.78 is 0. The molecular weight excluding hydrogens is 595 g/mol. The Hall–Kier alpha value is -5.67. The Morgan fingerprint density at radius 3 is 1.55 bits per heavy atom. The Morgan fingerprint density at radius 1 is 0.531 bits per heavy atom. The molecule has 240 valence electrons. The molecule has 0 fully saturated rings. The number of hydrogen-bond donors (Lipinski definition) is 0. The van der Waals surface area contributed by atoms with E-state index in [4.69, 9.17) is 9.97 Å². The van der Waals surface area contributed by atoms with E-state index >= 15 is 0 Å². The molecule has 1 aliphatic heterocycles. The molecule has 5 aromatic carbocycles. The predicted octanol–water partition coefficient (Wildman–Crippen LogP) is 12.1. The van der Waals surface area contributed by atoms with Crippen LogP contribution >= 0.6 is 0 Å². The summed E-state index contributed by atoms with van der Waals surface area (Å²) in [6.07, 6.45) is 9.35. The highest BCUT2D eigenvalue weighted by Crippen LogP contribution is 2.41. The van der Waals surface area contributed by atoms with E-state index in [0.717, 1.165) is 62.3 Å². The van der Waals surface area contributed by atoms with E-state index in [9.17, 15) is 0 Å². The average Bonchev–Trinajstić information content (AvgIpc) is 3.13. The summed E-state index contributed by atoms with van der Waals surface area (Å²) in [6, 6.07) is 47.1. The molecule has 0 N–H and O–H groups in total. The molecule has 49 heavy (non-hydrogen) atoms. The maximum Gasteiger partial charge on any atom is 0.160 e. The highest BCUT2D eigenvalue weighted by molar-refractivity contribution is 5.83. The van der Waals surface area contributed by atoms with E-state index in [0.29, 0.717) is 11.7 Å². The van der Waals surface area contributed by atoms with Crippen molar-refractivity contribution in [1.29, 1.82) is 0 Å². The quantitative estimate of drug-likeness (QED) is 0.183. The van der Waals surface area contributed by atoms with E-state index in [2.05, 4.69) is 178 Å². The van der Waals surface area contributed by atoms with Gasteiger partial charge in [-0.3, -0.25) is 4.99 Å². The van der Waals surface area contributed by atoms with Crippen molar-refractivity contribution in [2.75, 3.05) is 0 Å². The van der Waals surface area contributed by atoms with E-state index in [-0.39, 0.29) is 5.41 Å². The molecule has 3 nitrogen and oxygen atoms in total. The van der Waals surface area contributed by atoms with Gasteiger partial charge in [0.25, 0.3) is 0 Å². The highest BCUT2D eigenvalue weighted by Gasteiger charge is 2.28. The van der Waals surface area contributed by atoms with Crippen LogP contribution in [0.15, 0.2) is 157 Å². The van der Waals surface area contributed by atoms with Gasteiger partial charge in [-0.25, -0.2) is 9.97 Å². The zero-order valence-electron chi connectivity index (χ0n) is 28.6. The van der Waals surface area contributed by atoms with Gasteiger partial charge in [-0.2, -0.15) is 0 Å². The first-order valence-corrected chi connectivity index (χ1v) is 17.1. The third kappa shape index (κ3) is 7.12. The molecule has 6 aromatic rings. The van der Waals surface area contributed by atoms with Crippen molar-refractivity contribution in [3.8, 4) is 56.2 Å². The monoisotopic (exact) mass is 635 g/mol. The summed E-state index contributed by atoms with van der Waals surface area (Å²) in [5.74, 6) is 1.12. The van der Waals surface area contributed by atoms with Crippen molar-refractivity contribution in [3.05, 3.63) is 163 Å². The van der Waals surface area contributed by atoms with Crippen LogP contribution in [0.4, 0.5) is 0 Å². The van der Waals surface area contributed by atoms with E-state index in [1.807, 2.05) is 12.4 Å². The molecule has 0 bridgehead atoms. The molecule has 1 atom stereocenters. The lowest BCUT2D eigenvalue weighted by atomic mass is 9.80. The second kappa shape index (κ2) is 13.8. The largest absolute Gasteiger partial charge is 0.268 e. The topological polar surface area (TPSA) is 38.1 Å².